The Morgan fingerprint density at radius 2 is 2.00 bits per heavy atom. The number of hydrogen-bond donors (Lipinski definition) is 2. The van der Waals surface area contributed by atoms with Crippen molar-refractivity contribution < 1.29 is 28.2 Å². The van der Waals surface area contributed by atoms with Crippen LogP contribution in [0.4, 0.5) is 8.78 Å². The number of rotatable bonds is 7. The van der Waals surface area contributed by atoms with Gasteiger partial charge in [0.2, 0.25) is 5.91 Å². The van der Waals surface area contributed by atoms with E-state index in [2.05, 4.69) is 5.32 Å². The van der Waals surface area contributed by atoms with Crippen LogP contribution in [0.25, 0.3) is 0 Å². The van der Waals surface area contributed by atoms with Crippen LogP contribution in [0.5, 0.6) is 5.75 Å². The molecule has 1 aliphatic carbocycles. The summed E-state index contributed by atoms with van der Waals surface area (Å²) in [7, 11) is 0. The Labute approximate surface area is 148 Å². The van der Waals surface area contributed by atoms with Crippen molar-refractivity contribution in [1.82, 2.24) is 5.32 Å². The summed E-state index contributed by atoms with van der Waals surface area (Å²) in [6.07, 6.45) is 0.524. The van der Waals surface area contributed by atoms with Gasteiger partial charge in [0.15, 0.2) is 6.61 Å². The Balaban J connectivity index is 1.53. The van der Waals surface area contributed by atoms with E-state index in [4.69, 9.17) is 9.84 Å². The first-order valence-electron chi connectivity index (χ1n) is 8.10. The Kier molecular flexibility index (Phi) is 5.16. The molecule has 0 aliphatic heterocycles. The average molecular weight is 361 g/mol. The summed E-state index contributed by atoms with van der Waals surface area (Å²) in [6.45, 7) is -0.193. The molecule has 5 nitrogen and oxygen atoms in total. The van der Waals surface area contributed by atoms with E-state index in [-0.39, 0.29) is 24.3 Å². The molecule has 1 aliphatic rings. The van der Waals surface area contributed by atoms with Gasteiger partial charge in [0.05, 0.1) is 0 Å². The van der Waals surface area contributed by atoms with E-state index in [1.165, 1.54) is 12.1 Å². The number of aliphatic carboxylic acids is 1. The zero-order chi connectivity index (χ0) is 18.7. The first kappa shape index (κ1) is 17.8. The summed E-state index contributed by atoms with van der Waals surface area (Å²) in [4.78, 5) is 22.7. The number of carboxylic acid groups (broad SMARTS) is 1. The molecule has 0 saturated heterocycles. The number of ether oxygens (including phenoxy) is 1. The number of carboxylic acids is 1. The highest BCUT2D eigenvalue weighted by Gasteiger charge is 2.45. The number of amides is 1. The minimum atomic E-state index is -1.07. The van der Waals surface area contributed by atoms with Crippen molar-refractivity contribution in [2.75, 3.05) is 6.61 Å². The largest absolute Gasteiger partial charge is 0.482 e. The molecule has 0 unspecified atom stereocenters. The van der Waals surface area contributed by atoms with Crippen LogP contribution in [-0.2, 0) is 16.1 Å². The van der Waals surface area contributed by atoms with Gasteiger partial charge in [-0.05, 0) is 41.7 Å². The topological polar surface area (TPSA) is 75.6 Å². The van der Waals surface area contributed by atoms with Gasteiger partial charge >= 0.3 is 5.97 Å². The molecule has 0 bridgehead atoms. The third-order valence-corrected chi connectivity index (χ3v) is 4.22. The maximum absolute atomic E-state index is 13.8. The van der Waals surface area contributed by atoms with E-state index in [0.717, 1.165) is 11.6 Å². The standard InChI is InChI=1S/C19H17F2NO4/c20-12-4-5-14(17(21)7-12)15-8-16(15)19(25)22-9-11-2-1-3-13(6-11)26-10-18(23)24/h1-7,15-16H,8-10H2,(H,22,25)(H,23,24)/t15-,16-/m0/s1. The third kappa shape index (κ3) is 4.36. The van der Waals surface area contributed by atoms with Gasteiger partial charge in [-0.15, -0.1) is 0 Å². The van der Waals surface area contributed by atoms with Crippen LogP contribution >= 0.6 is 0 Å². The van der Waals surface area contributed by atoms with Gasteiger partial charge in [0.25, 0.3) is 0 Å². The Hall–Kier alpha value is -2.96. The smallest absolute Gasteiger partial charge is 0.341 e. The van der Waals surface area contributed by atoms with Gasteiger partial charge in [0.1, 0.15) is 17.4 Å². The molecule has 2 aromatic carbocycles. The Morgan fingerprint density at radius 3 is 2.73 bits per heavy atom. The predicted octanol–water partition coefficient (Wildman–Crippen LogP) is 2.85. The monoisotopic (exact) mass is 361 g/mol. The van der Waals surface area contributed by atoms with E-state index in [0.29, 0.717) is 17.7 Å². The predicted molar refractivity (Wildman–Crippen MR) is 88.6 cm³/mol. The molecule has 26 heavy (non-hydrogen) atoms. The second kappa shape index (κ2) is 7.51. The lowest BCUT2D eigenvalue weighted by Gasteiger charge is -2.08. The number of hydrogen-bond acceptors (Lipinski definition) is 3. The highest BCUT2D eigenvalue weighted by Crippen LogP contribution is 2.48. The molecule has 7 heteroatoms. The fraction of sp³-hybridized carbons (Fsp3) is 0.263. The van der Waals surface area contributed by atoms with Crippen molar-refractivity contribution in [3.05, 3.63) is 65.2 Å². The van der Waals surface area contributed by atoms with Crippen LogP contribution < -0.4 is 10.1 Å². The van der Waals surface area contributed by atoms with E-state index in [1.54, 1.807) is 24.3 Å². The summed E-state index contributed by atoms with van der Waals surface area (Å²) >= 11 is 0. The van der Waals surface area contributed by atoms with Crippen LogP contribution in [0.1, 0.15) is 23.5 Å². The van der Waals surface area contributed by atoms with Gasteiger partial charge in [-0.2, -0.15) is 0 Å². The molecule has 3 rings (SSSR count). The summed E-state index contributed by atoms with van der Waals surface area (Å²) in [5.74, 6) is -2.71. The lowest BCUT2D eigenvalue weighted by atomic mass is 10.1. The van der Waals surface area contributed by atoms with Gasteiger partial charge in [0, 0.05) is 18.5 Å². The molecule has 0 spiro atoms. The molecule has 0 radical (unpaired) electrons. The minimum absolute atomic E-state index is 0.199. The average Bonchev–Trinajstić information content (AvgIpc) is 3.39. The Bertz CT molecular complexity index is 840. The van der Waals surface area contributed by atoms with Gasteiger partial charge in [-0.3, -0.25) is 4.79 Å². The van der Waals surface area contributed by atoms with Crippen LogP contribution in [0.2, 0.25) is 0 Å². The zero-order valence-corrected chi connectivity index (χ0v) is 13.7. The van der Waals surface area contributed by atoms with Crippen molar-refractivity contribution in [2.45, 2.75) is 18.9 Å². The fourth-order valence-corrected chi connectivity index (χ4v) is 2.84. The van der Waals surface area contributed by atoms with Gasteiger partial charge in [-0.25, -0.2) is 13.6 Å². The number of benzene rings is 2. The minimum Gasteiger partial charge on any atom is -0.482 e. The first-order valence-corrected chi connectivity index (χ1v) is 8.10. The second-order valence-corrected chi connectivity index (χ2v) is 6.16. The molecule has 136 valence electrons. The molecule has 0 heterocycles. The van der Waals surface area contributed by atoms with Crippen LogP contribution in [-0.4, -0.2) is 23.6 Å². The number of nitrogens with one attached hydrogen (secondary N) is 1. The first-order chi connectivity index (χ1) is 12.4. The van der Waals surface area contributed by atoms with Crippen molar-refractivity contribution in [3.63, 3.8) is 0 Å². The number of carbonyl (C=O) groups excluding carboxylic acids is 1. The van der Waals surface area contributed by atoms with Crippen molar-refractivity contribution in [3.8, 4) is 5.75 Å². The molecule has 1 fully saturated rings. The van der Waals surface area contributed by atoms with Crippen molar-refractivity contribution >= 4 is 11.9 Å². The molecule has 1 saturated carbocycles. The molecular weight excluding hydrogens is 344 g/mol. The van der Waals surface area contributed by atoms with Crippen LogP contribution in [0.3, 0.4) is 0 Å². The van der Waals surface area contributed by atoms with Crippen molar-refractivity contribution in [1.29, 1.82) is 0 Å². The van der Waals surface area contributed by atoms with E-state index in [1.807, 2.05) is 0 Å². The summed E-state index contributed by atoms with van der Waals surface area (Å²) in [6, 6.07) is 10.1. The van der Waals surface area contributed by atoms with Gasteiger partial charge < -0.3 is 15.2 Å². The zero-order valence-electron chi connectivity index (χ0n) is 13.7. The quantitative estimate of drug-likeness (QED) is 0.795. The van der Waals surface area contributed by atoms with Crippen LogP contribution in [0.15, 0.2) is 42.5 Å². The molecule has 0 aromatic heterocycles. The second-order valence-electron chi connectivity index (χ2n) is 6.16. The lowest BCUT2D eigenvalue weighted by Crippen LogP contribution is -2.25. The third-order valence-electron chi connectivity index (χ3n) is 4.22. The fourth-order valence-electron chi connectivity index (χ4n) is 2.84. The lowest BCUT2D eigenvalue weighted by molar-refractivity contribution is -0.139. The number of halogens is 2. The normalized spacial score (nSPS) is 18.2. The van der Waals surface area contributed by atoms with Crippen LogP contribution in [0, 0.1) is 17.6 Å². The summed E-state index contributed by atoms with van der Waals surface area (Å²) < 4.78 is 31.8. The van der Waals surface area contributed by atoms with E-state index in [9.17, 15) is 18.4 Å². The molecule has 2 N–H and O–H groups in total. The molecule has 2 atom stereocenters. The van der Waals surface area contributed by atoms with Crippen molar-refractivity contribution in [2.24, 2.45) is 5.92 Å². The number of carbonyl (C=O) groups is 2. The SMILES string of the molecule is O=C(O)COc1cccc(CNC(=O)[C@H]2C[C@H]2c2ccc(F)cc2F)c1. The maximum atomic E-state index is 13.8. The highest BCUT2D eigenvalue weighted by molar-refractivity contribution is 5.82. The maximum Gasteiger partial charge on any atom is 0.341 e. The molecule has 1 amide bonds. The summed E-state index contributed by atoms with van der Waals surface area (Å²) in [5.41, 5.74) is 1.11. The Morgan fingerprint density at radius 1 is 1.19 bits per heavy atom. The highest BCUT2D eigenvalue weighted by atomic mass is 19.1. The molecule has 2 aromatic rings. The summed E-state index contributed by atoms with van der Waals surface area (Å²) in [5, 5.41) is 11.4. The van der Waals surface area contributed by atoms with E-state index >= 15 is 0 Å². The van der Waals surface area contributed by atoms with Gasteiger partial charge in [-0.1, -0.05) is 18.2 Å². The van der Waals surface area contributed by atoms with E-state index < -0.39 is 24.2 Å². The molecular formula is C19H17F2NO4.